The minimum atomic E-state index is -0.631. The molecule has 1 aliphatic rings. The quantitative estimate of drug-likeness (QED) is 0.297. The van der Waals surface area contributed by atoms with Crippen molar-refractivity contribution in [3.63, 3.8) is 0 Å². The Balaban J connectivity index is 2.36. The fourth-order valence-electron chi connectivity index (χ4n) is 2.88. The number of aryl methyl sites for hydroxylation is 1. The van der Waals surface area contributed by atoms with E-state index in [9.17, 15) is 9.59 Å². The standard InChI is InChI=1S/C18H23NO4/c1-3-22-17(20)16(18(21)23-4-2)11-13-7-5-6-12-10-14(19)8-9-15(12)13/h8-11,13H,3-7,19H2,1-2H3. The van der Waals surface area contributed by atoms with Crippen molar-refractivity contribution in [3.05, 3.63) is 41.0 Å². The summed E-state index contributed by atoms with van der Waals surface area (Å²) in [5, 5.41) is 0. The van der Waals surface area contributed by atoms with Crippen LogP contribution in [0.5, 0.6) is 0 Å². The van der Waals surface area contributed by atoms with Gasteiger partial charge in [0.2, 0.25) is 0 Å². The number of benzene rings is 1. The molecule has 5 heteroatoms. The molecule has 0 saturated heterocycles. The van der Waals surface area contributed by atoms with Gasteiger partial charge in [-0.2, -0.15) is 0 Å². The number of nitrogens with two attached hydrogens (primary N) is 1. The summed E-state index contributed by atoms with van der Waals surface area (Å²) in [4.78, 5) is 24.2. The normalized spacial score (nSPS) is 16.2. The van der Waals surface area contributed by atoms with Crippen molar-refractivity contribution in [3.8, 4) is 0 Å². The minimum Gasteiger partial charge on any atom is -0.462 e. The number of fused-ring (bicyclic) bond motifs is 1. The van der Waals surface area contributed by atoms with E-state index in [1.807, 2.05) is 18.2 Å². The van der Waals surface area contributed by atoms with Crippen LogP contribution in [-0.2, 0) is 25.5 Å². The highest BCUT2D eigenvalue weighted by Crippen LogP contribution is 2.34. The van der Waals surface area contributed by atoms with Gasteiger partial charge < -0.3 is 15.2 Å². The molecule has 5 nitrogen and oxygen atoms in total. The highest BCUT2D eigenvalue weighted by atomic mass is 16.6. The van der Waals surface area contributed by atoms with Crippen molar-refractivity contribution < 1.29 is 19.1 Å². The van der Waals surface area contributed by atoms with Gasteiger partial charge in [-0.05, 0) is 56.4 Å². The van der Waals surface area contributed by atoms with Gasteiger partial charge in [0.1, 0.15) is 5.57 Å². The summed E-state index contributed by atoms with van der Waals surface area (Å²) in [6, 6.07) is 5.78. The van der Waals surface area contributed by atoms with Gasteiger partial charge in [-0.1, -0.05) is 12.1 Å². The second-order valence-corrected chi connectivity index (χ2v) is 5.48. The van der Waals surface area contributed by atoms with Gasteiger partial charge in [-0.15, -0.1) is 0 Å². The SMILES string of the molecule is CCOC(=O)C(=CC1CCCc2cc(N)ccc21)C(=O)OCC. The maximum atomic E-state index is 12.1. The molecule has 0 aliphatic heterocycles. The summed E-state index contributed by atoms with van der Waals surface area (Å²) >= 11 is 0. The molecule has 1 atom stereocenters. The number of esters is 2. The van der Waals surface area contributed by atoms with Gasteiger partial charge in [0, 0.05) is 11.6 Å². The van der Waals surface area contributed by atoms with Crippen LogP contribution in [-0.4, -0.2) is 25.2 Å². The third-order valence-corrected chi connectivity index (χ3v) is 3.89. The van der Waals surface area contributed by atoms with Crippen molar-refractivity contribution in [2.45, 2.75) is 39.0 Å². The van der Waals surface area contributed by atoms with Crippen molar-refractivity contribution in [1.29, 1.82) is 0 Å². The van der Waals surface area contributed by atoms with Crippen molar-refractivity contribution in [1.82, 2.24) is 0 Å². The van der Waals surface area contributed by atoms with Crippen molar-refractivity contribution >= 4 is 17.6 Å². The molecule has 124 valence electrons. The Morgan fingerprint density at radius 1 is 1.22 bits per heavy atom. The zero-order chi connectivity index (χ0) is 16.8. The summed E-state index contributed by atoms with van der Waals surface area (Å²) in [7, 11) is 0. The molecule has 0 amide bonds. The van der Waals surface area contributed by atoms with E-state index in [4.69, 9.17) is 15.2 Å². The molecule has 0 aromatic heterocycles. The average molecular weight is 317 g/mol. The number of rotatable bonds is 5. The van der Waals surface area contributed by atoms with Gasteiger partial charge in [0.25, 0.3) is 0 Å². The van der Waals surface area contributed by atoms with E-state index >= 15 is 0 Å². The predicted molar refractivity (Wildman–Crippen MR) is 87.9 cm³/mol. The molecule has 0 bridgehead atoms. The van der Waals surface area contributed by atoms with E-state index in [1.54, 1.807) is 19.9 Å². The fourth-order valence-corrected chi connectivity index (χ4v) is 2.88. The van der Waals surface area contributed by atoms with Crippen LogP contribution >= 0.6 is 0 Å². The number of hydrogen-bond donors (Lipinski definition) is 1. The second-order valence-electron chi connectivity index (χ2n) is 5.48. The van der Waals surface area contributed by atoms with Gasteiger partial charge in [0.15, 0.2) is 0 Å². The molecule has 0 saturated carbocycles. The molecule has 1 unspecified atom stereocenters. The lowest BCUT2D eigenvalue weighted by Crippen LogP contribution is -2.20. The molecular formula is C18H23NO4. The zero-order valence-corrected chi connectivity index (χ0v) is 13.6. The van der Waals surface area contributed by atoms with Gasteiger partial charge in [-0.3, -0.25) is 0 Å². The van der Waals surface area contributed by atoms with Gasteiger partial charge in [-0.25, -0.2) is 9.59 Å². The molecule has 2 rings (SSSR count). The zero-order valence-electron chi connectivity index (χ0n) is 13.6. The lowest BCUT2D eigenvalue weighted by Gasteiger charge is -2.24. The number of carbonyl (C=O) groups is 2. The molecule has 1 aromatic carbocycles. The highest BCUT2D eigenvalue weighted by Gasteiger charge is 2.26. The first-order valence-electron chi connectivity index (χ1n) is 8.01. The molecule has 1 aliphatic carbocycles. The lowest BCUT2D eigenvalue weighted by atomic mass is 9.81. The number of hydrogen-bond acceptors (Lipinski definition) is 5. The molecule has 23 heavy (non-hydrogen) atoms. The first-order chi connectivity index (χ1) is 11.1. The Bertz CT molecular complexity index is 601. The van der Waals surface area contributed by atoms with E-state index in [0.29, 0.717) is 0 Å². The number of anilines is 1. The Morgan fingerprint density at radius 3 is 2.48 bits per heavy atom. The Hall–Kier alpha value is -2.30. The monoisotopic (exact) mass is 317 g/mol. The Labute approximate surface area is 136 Å². The molecule has 0 radical (unpaired) electrons. The van der Waals surface area contributed by atoms with Crippen LogP contribution in [0.2, 0.25) is 0 Å². The summed E-state index contributed by atoms with van der Waals surface area (Å²) in [5.41, 5.74) is 8.82. The Morgan fingerprint density at radius 2 is 1.87 bits per heavy atom. The first-order valence-corrected chi connectivity index (χ1v) is 8.01. The van der Waals surface area contributed by atoms with Crippen LogP contribution in [0.4, 0.5) is 5.69 Å². The van der Waals surface area contributed by atoms with Crippen LogP contribution in [0.25, 0.3) is 0 Å². The average Bonchev–Trinajstić information content (AvgIpc) is 2.52. The summed E-state index contributed by atoms with van der Waals surface area (Å²) in [5.74, 6) is -1.27. The molecule has 0 spiro atoms. The summed E-state index contributed by atoms with van der Waals surface area (Å²) in [6.07, 6.45) is 4.50. The van der Waals surface area contributed by atoms with Gasteiger partial charge >= 0.3 is 11.9 Å². The van der Waals surface area contributed by atoms with Crippen molar-refractivity contribution in [2.24, 2.45) is 0 Å². The van der Waals surface area contributed by atoms with Gasteiger partial charge in [0.05, 0.1) is 13.2 Å². The second kappa shape index (κ2) is 7.81. The smallest absolute Gasteiger partial charge is 0.345 e. The minimum absolute atomic E-state index is 0.0110. The van der Waals surface area contributed by atoms with Crippen LogP contribution in [0.15, 0.2) is 29.8 Å². The third-order valence-electron chi connectivity index (χ3n) is 3.89. The fraction of sp³-hybridized carbons (Fsp3) is 0.444. The largest absolute Gasteiger partial charge is 0.462 e. The van der Waals surface area contributed by atoms with E-state index in [1.165, 1.54) is 5.56 Å². The van der Waals surface area contributed by atoms with E-state index in [-0.39, 0.29) is 24.7 Å². The number of carbonyl (C=O) groups excluding carboxylic acids is 2. The van der Waals surface area contributed by atoms with Crippen LogP contribution in [0.1, 0.15) is 43.7 Å². The maximum absolute atomic E-state index is 12.1. The first kappa shape index (κ1) is 17.1. The molecular weight excluding hydrogens is 294 g/mol. The molecule has 0 heterocycles. The van der Waals surface area contributed by atoms with E-state index < -0.39 is 11.9 Å². The van der Waals surface area contributed by atoms with Crippen LogP contribution in [0.3, 0.4) is 0 Å². The molecule has 1 aromatic rings. The number of ether oxygens (including phenoxy) is 2. The van der Waals surface area contributed by atoms with E-state index in [0.717, 1.165) is 30.5 Å². The topological polar surface area (TPSA) is 78.6 Å². The Kier molecular flexibility index (Phi) is 5.79. The van der Waals surface area contributed by atoms with E-state index in [2.05, 4.69) is 0 Å². The van der Waals surface area contributed by atoms with Crippen molar-refractivity contribution in [2.75, 3.05) is 18.9 Å². The molecule has 2 N–H and O–H groups in total. The maximum Gasteiger partial charge on any atom is 0.345 e. The number of nitrogen functional groups attached to an aromatic ring is 1. The van der Waals surface area contributed by atoms with Crippen LogP contribution in [0, 0.1) is 0 Å². The summed E-state index contributed by atoms with van der Waals surface area (Å²) < 4.78 is 9.98. The predicted octanol–water partition coefficient (Wildman–Crippen LogP) is 2.74. The third kappa shape index (κ3) is 4.12. The highest BCUT2D eigenvalue weighted by molar-refractivity contribution is 6.14. The molecule has 0 fully saturated rings. The summed E-state index contributed by atoms with van der Waals surface area (Å²) in [6.45, 7) is 3.85. The lowest BCUT2D eigenvalue weighted by molar-refractivity contribution is -0.146. The number of allylic oxidation sites excluding steroid dienone is 1. The van der Waals surface area contributed by atoms with Crippen LogP contribution < -0.4 is 5.73 Å².